The van der Waals surface area contributed by atoms with Crippen molar-refractivity contribution in [2.75, 3.05) is 13.7 Å². The summed E-state index contributed by atoms with van der Waals surface area (Å²) in [5.74, 6) is 0.0433. The third-order valence-corrected chi connectivity index (χ3v) is 7.69. The molecule has 0 aromatic heterocycles. The Hall–Kier alpha value is -2.48. The highest BCUT2D eigenvalue weighted by Gasteiger charge is 2.31. The van der Waals surface area contributed by atoms with Crippen LogP contribution in [0.15, 0.2) is 91.0 Å². The predicted molar refractivity (Wildman–Crippen MR) is 118 cm³/mol. The zero-order valence-electron chi connectivity index (χ0n) is 16.3. The van der Waals surface area contributed by atoms with Crippen LogP contribution in [0.1, 0.15) is 18.5 Å². The average molecular weight is 391 g/mol. The number of nitrogens with zero attached hydrogens (tertiary/aromatic N) is 1. The van der Waals surface area contributed by atoms with Gasteiger partial charge in [0.25, 0.3) is 0 Å². The average Bonchev–Trinajstić information content (AvgIpc) is 2.76. The molecule has 2 atom stereocenters. The molecule has 3 aromatic carbocycles. The summed E-state index contributed by atoms with van der Waals surface area (Å²) in [4.78, 5) is 15.1. The molecule has 0 radical (unpaired) electrons. The predicted octanol–water partition coefficient (Wildman–Crippen LogP) is 3.70. The van der Waals surface area contributed by atoms with Crippen molar-refractivity contribution < 1.29 is 9.90 Å². The molecule has 0 aliphatic rings. The van der Waals surface area contributed by atoms with Gasteiger partial charge < -0.3 is 10.0 Å². The van der Waals surface area contributed by atoms with Crippen molar-refractivity contribution >= 4 is 24.4 Å². The van der Waals surface area contributed by atoms with Crippen molar-refractivity contribution in [1.29, 1.82) is 0 Å². The highest BCUT2D eigenvalue weighted by atomic mass is 31.1. The molecule has 0 aliphatic carbocycles. The van der Waals surface area contributed by atoms with Gasteiger partial charge in [-0.15, -0.1) is 0 Å². The first-order valence-corrected chi connectivity index (χ1v) is 10.9. The first-order chi connectivity index (χ1) is 13.6. The number of amides is 1. The van der Waals surface area contributed by atoms with Crippen molar-refractivity contribution in [3.8, 4) is 0 Å². The van der Waals surface area contributed by atoms with Crippen molar-refractivity contribution in [2.45, 2.75) is 18.6 Å². The van der Waals surface area contributed by atoms with E-state index in [4.69, 9.17) is 0 Å². The smallest absolute Gasteiger partial charge is 0.230 e. The number of rotatable bonds is 7. The van der Waals surface area contributed by atoms with Crippen molar-refractivity contribution in [3.63, 3.8) is 0 Å². The Morgan fingerprint density at radius 3 is 1.71 bits per heavy atom. The van der Waals surface area contributed by atoms with E-state index in [1.165, 1.54) is 10.6 Å². The monoisotopic (exact) mass is 391 g/mol. The third-order valence-electron chi connectivity index (χ3n) is 4.99. The minimum atomic E-state index is -0.855. The molecule has 4 heteroatoms. The summed E-state index contributed by atoms with van der Waals surface area (Å²) in [6.45, 7) is 1.90. The van der Waals surface area contributed by atoms with E-state index in [9.17, 15) is 9.90 Å². The first kappa shape index (κ1) is 20.3. The Bertz CT molecular complexity index is 831. The summed E-state index contributed by atoms with van der Waals surface area (Å²) in [5.41, 5.74) is 0.736. The normalized spacial score (nSPS) is 13.1. The Morgan fingerprint density at radius 1 is 0.857 bits per heavy atom. The van der Waals surface area contributed by atoms with Gasteiger partial charge >= 0.3 is 0 Å². The number of carbonyl (C=O) groups excluding carboxylic acids is 1. The van der Waals surface area contributed by atoms with Crippen LogP contribution in [-0.4, -0.2) is 35.2 Å². The van der Waals surface area contributed by atoms with Gasteiger partial charge in [-0.3, -0.25) is 4.79 Å². The number of aliphatic hydroxyl groups excluding tert-OH is 1. The Labute approximate surface area is 168 Å². The van der Waals surface area contributed by atoms with Gasteiger partial charge in [0.2, 0.25) is 5.91 Å². The van der Waals surface area contributed by atoms with Crippen molar-refractivity contribution in [2.24, 2.45) is 0 Å². The second-order valence-corrected chi connectivity index (χ2v) is 9.32. The van der Waals surface area contributed by atoms with E-state index in [-0.39, 0.29) is 24.2 Å². The minimum absolute atomic E-state index is 0.0433. The maximum atomic E-state index is 13.4. The van der Waals surface area contributed by atoms with Crippen LogP contribution in [-0.2, 0) is 4.79 Å². The van der Waals surface area contributed by atoms with Crippen molar-refractivity contribution in [1.82, 2.24) is 4.90 Å². The summed E-state index contributed by atoms with van der Waals surface area (Å²) < 4.78 is 0. The van der Waals surface area contributed by atoms with E-state index in [2.05, 4.69) is 24.3 Å². The van der Waals surface area contributed by atoms with Gasteiger partial charge in [-0.25, -0.2) is 0 Å². The first-order valence-electron chi connectivity index (χ1n) is 9.45. The molecule has 0 unspecified atom stereocenters. The lowest BCUT2D eigenvalue weighted by molar-refractivity contribution is -0.132. The van der Waals surface area contributed by atoms with Crippen molar-refractivity contribution in [3.05, 3.63) is 96.6 Å². The second kappa shape index (κ2) is 9.64. The lowest BCUT2D eigenvalue weighted by Gasteiger charge is -2.33. The molecule has 0 fully saturated rings. The zero-order chi connectivity index (χ0) is 19.9. The molecule has 0 saturated carbocycles. The van der Waals surface area contributed by atoms with Gasteiger partial charge in [0.1, 0.15) is 0 Å². The summed E-state index contributed by atoms with van der Waals surface area (Å²) in [6.07, 6.45) is 0. The molecule has 3 aromatic rings. The SMILES string of the molecule is C[C@@H](C(=O)N(C)[C@@H](CO)c1ccccc1)P(c1ccccc1)c1ccccc1. The number of aliphatic hydroxyl groups is 1. The molecule has 28 heavy (non-hydrogen) atoms. The Balaban J connectivity index is 1.92. The molecule has 1 N–H and O–H groups in total. The largest absolute Gasteiger partial charge is 0.394 e. The lowest BCUT2D eigenvalue weighted by atomic mass is 10.1. The highest BCUT2D eigenvalue weighted by molar-refractivity contribution is 7.74. The van der Waals surface area contributed by atoms with Crippen LogP contribution in [0, 0.1) is 0 Å². The van der Waals surface area contributed by atoms with Gasteiger partial charge in [0.15, 0.2) is 0 Å². The minimum Gasteiger partial charge on any atom is -0.394 e. The summed E-state index contributed by atoms with van der Waals surface area (Å²) in [6, 6.07) is 29.8. The van der Waals surface area contributed by atoms with E-state index < -0.39 is 7.92 Å². The van der Waals surface area contributed by atoms with E-state index in [1.54, 1.807) is 11.9 Å². The molecule has 0 aliphatic heterocycles. The Kier molecular flexibility index (Phi) is 6.97. The van der Waals surface area contributed by atoms with Crippen LogP contribution >= 0.6 is 7.92 Å². The summed E-state index contributed by atoms with van der Waals surface area (Å²) in [7, 11) is 0.932. The van der Waals surface area contributed by atoms with E-state index in [0.29, 0.717) is 0 Å². The topological polar surface area (TPSA) is 40.5 Å². The van der Waals surface area contributed by atoms with Crippen LogP contribution in [0.5, 0.6) is 0 Å². The van der Waals surface area contributed by atoms with Crippen LogP contribution in [0.4, 0.5) is 0 Å². The number of hydrogen-bond donors (Lipinski definition) is 1. The number of benzene rings is 3. The fraction of sp³-hybridized carbons (Fsp3) is 0.208. The zero-order valence-corrected chi connectivity index (χ0v) is 17.2. The van der Waals surface area contributed by atoms with E-state index >= 15 is 0 Å². The molecular weight excluding hydrogens is 365 g/mol. The third kappa shape index (κ3) is 4.49. The number of carbonyl (C=O) groups is 1. The second-order valence-electron chi connectivity index (χ2n) is 6.78. The van der Waals surface area contributed by atoms with Gasteiger partial charge in [0.05, 0.1) is 18.3 Å². The number of hydrogen-bond acceptors (Lipinski definition) is 2. The standard InChI is InChI=1S/C24H26NO2P/c1-19(24(27)25(2)23(18-26)20-12-6-3-7-13-20)28(21-14-8-4-9-15-21)22-16-10-5-11-17-22/h3-17,19,23,26H,18H2,1-2H3/t19-,23-/m0/s1. The van der Waals surface area contributed by atoms with Crippen LogP contribution < -0.4 is 10.6 Å². The molecule has 0 saturated heterocycles. The Morgan fingerprint density at radius 2 is 1.29 bits per heavy atom. The highest BCUT2D eigenvalue weighted by Crippen LogP contribution is 2.40. The number of likely N-dealkylation sites (N-methyl/N-ethyl adjacent to an activating group) is 1. The van der Waals surface area contributed by atoms with Gasteiger partial charge in [-0.2, -0.15) is 0 Å². The fourth-order valence-electron chi connectivity index (χ4n) is 3.46. The van der Waals surface area contributed by atoms with Gasteiger partial charge in [0, 0.05) is 7.05 Å². The van der Waals surface area contributed by atoms with Crippen LogP contribution in [0.3, 0.4) is 0 Å². The fourth-order valence-corrected chi connectivity index (χ4v) is 6.04. The van der Waals surface area contributed by atoms with E-state index in [0.717, 1.165) is 5.56 Å². The molecule has 0 heterocycles. The van der Waals surface area contributed by atoms with E-state index in [1.807, 2.05) is 73.7 Å². The molecule has 3 nitrogen and oxygen atoms in total. The molecule has 3 rings (SSSR count). The van der Waals surface area contributed by atoms with Gasteiger partial charge in [-0.1, -0.05) is 91.0 Å². The summed E-state index contributed by atoms with van der Waals surface area (Å²) >= 11 is 0. The quantitative estimate of drug-likeness (QED) is 0.624. The molecule has 0 bridgehead atoms. The van der Waals surface area contributed by atoms with Crippen LogP contribution in [0.2, 0.25) is 0 Å². The lowest BCUT2D eigenvalue weighted by Crippen LogP contribution is -2.40. The maximum Gasteiger partial charge on any atom is 0.230 e. The van der Waals surface area contributed by atoms with Gasteiger partial charge in [-0.05, 0) is 31.0 Å². The molecular formula is C24H26NO2P. The molecule has 0 spiro atoms. The summed E-state index contributed by atoms with van der Waals surface area (Å²) in [5, 5.41) is 12.3. The molecule has 144 valence electrons. The molecule has 1 amide bonds. The maximum absolute atomic E-state index is 13.4. The van der Waals surface area contributed by atoms with Crippen LogP contribution in [0.25, 0.3) is 0 Å².